The molecule has 0 saturated carbocycles. The molecule has 1 amide bonds. The van der Waals surface area contributed by atoms with Crippen LogP contribution in [-0.2, 0) is 17.9 Å². The number of benzene rings is 1. The van der Waals surface area contributed by atoms with Crippen LogP contribution in [0, 0.1) is 25.6 Å². The van der Waals surface area contributed by atoms with E-state index in [-0.39, 0.29) is 18.3 Å². The topological polar surface area (TPSA) is 58.4 Å². The van der Waals surface area contributed by atoms with Gasteiger partial charge in [-0.05, 0) is 51.6 Å². The summed E-state index contributed by atoms with van der Waals surface area (Å²) in [7, 11) is 0. The average molecular weight is 373 g/mol. The second-order valence-electron chi connectivity index (χ2n) is 7.45. The molecule has 5 nitrogen and oxygen atoms in total. The van der Waals surface area contributed by atoms with Crippen molar-refractivity contribution in [3.05, 3.63) is 52.7 Å². The number of aromatic nitrogens is 1. The van der Waals surface area contributed by atoms with Crippen molar-refractivity contribution in [3.8, 4) is 0 Å². The number of carbonyl (C=O) groups is 1. The molecule has 0 radical (unpaired) electrons. The highest BCUT2D eigenvalue weighted by Crippen LogP contribution is 2.24. The van der Waals surface area contributed by atoms with Crippen molar-refractivity contribution in [2.24, 2.45) is 5.92 Å². The van der Waals surface area contributed by atoms with Gasteiger partial charge in [-0.2, -0.15) is 0 Å². The number of hydrogen-bond acceptors (Lipinski definition) is 4. The molecule has 1 saturated heterocycles. The quantitative estimate of drug-likeness (QED) is 0.803. The summed E-state index contributed by atoms with van der Waals surface area (Å²) in [6.07, 6.45) is 3.64. The predicted molar refractivity (Wildman–Crippen MR) is 101 cm³/mol. The van der Waals surface area contributed by atoms with E-state index in [1.54, 1.807) is 18.2 Å². The number of piperidine rings is 1. The van der Waals surface area contributed by atoms with Gasteiger partial charge in [-0.3, -0.25) is 9.69 Å². The van der Waals surface area contributed by atoms with Crippen molar-refractivity contribution in [2.45, 2.75) is 52.6 Å². The smallest absolute Gasteiger partial charge is 0.220 e. The third-order valence-corrected chi connectivity index (χ3v) is 5.38. The maximum absolute atomic E-state index is 13.6. The maximum atomic E-state index is 13.6. The number of halogens is 1. The Morgan fingerprint density at radius 1 is 1.37 bits per heavy atom. The minimum Gasteiger partial charge on any atom is -0.361 e. The molecule has 0 bridgehead atoms. The molecule has 3 rings (SSSR count). The van der Waals surface area contributed by atoms with Crippen molar-refractivity contribution >= 4 is 5.91 Å². The molecule has 1 aromatic carbocycles. The van der Waals surface area contributed by atoms with Gasteiger partial charge in [0.25, 0.3) is 0 Å². The van der Waals surface area contributed by atoms with Gasteiger partial charge in [-0.1, -0.05) is 23.4 Å². The number of hydrogen-bond donors (Lipinski definition) is 1. The van der Waals surface area contributed by atoms with Crippen LogP contribution in [0.4, 0.5) is 4.39 Å². The van der Waals surface area contributed by atoms with E-state index < -0.39 is 0 Å². The Balaban J connectivity index is 1.42. The normalized spacial score (nSPS) is 17.8. The Kier molecular flexibility index (Phi) is 6.61. The minimum atomic E-state index is -0.278. The molecule has 1 fully saturated rings. The first-order valence-electron chi connectivity index (χ1n) is 9.67. The van der Waals surface area contributed by atoms with Crippen molar-refractivity contribution in [1.82, 2.24) is 15.4 Å². The minimum absolute atomic E-state index is 0.0129. The SMILES string of the molecule is Cc1noc(C)c1CN1CCC[C@H](CCC(=O)NCc2ccccc2F)C1. The van der Waals surface area contributed by atoms with Crippen LogP contribution in [0.25, 0.3) is 0 Å². The van der Waals surface area contributed by atoms with Gasteiger partial charge in [0.1, 0.15) is 11.6 Å². The average Bonchev–Trinajstić information content (AvgIpc) is 2.98. The standard InChI is InChI=1S/C21H28FN3O2/c1-15-19(16(2)27-24-15)14-25-11-5-6-17(13-25)9-10-21(26)23-12-18-7-3-4-8-20(18)22/h3-4,7-8,17H,5-6,9-14H2,1-2H3,(H,23,26)/t17-/m1/s1. The highest BCUT2D eigenvalue weighted by Gasteiger charge is 2.22. The lowest BCUT2D eigenvalue weighted by molar-refractivity contribution is -0.121. The summed E-state index contributed by atoms with van der Waals surface area (Å²) >= 11 is 0. The number of nitrogens with zero attached hydrogens (tertiary/aromatic N) is 2. The van der Waals surface area contributed by atoms with E-state index in [1.807, 2.05) is 13.8 Å². The Morgan fingerprint density at radius 3 is 2.93 bits per heavy atom. The van der Waals surface area contributed by atoms with Crippen LogP contribution in [0.2, 0.25) is 0 Å². The summed E-state index contributed by atoms with van der Waals surface area (Å²) in [5, 5.41) is 6.86. The van der Waals surface area contributed by atoms with Gasteiger partial charge >= 0.3 is 0 Å². The Hall–Kier alpha value is -2.21. The van der Waals surface area contributed by atoms with Crippen LogP contribution in [0.3, 0.4) is 0 Å². The number of amides is 1. The number of likely N-dealkylation sites (tertiary alicyclic amines) is 1. The third-order valence-electron chi connectivity index (χ3n) is 5.38. The second-order valence-corrected chi connectivity index (χ2v) is 7.45. The number of rotatable bonds is 7. The molecular formula is C21H28FN3O2. The third kappa shape index (κ3) is 5.39. The predicted octanol–water partition coefficient (Wildman–Crippen LogP) is 3.74. The second kappa shape index (κ2) is 9.13. The van der Waals surface area contributed by atoms with Crippen LogP contribution in [0.15, 0.2) is 28.8 Å². The lowest BCUT2D eigenvalue weighted by Crippen LogP contribution is -2.35. The van der Waals surface area contributed by atoms with Crippen LogP contribution in [0.1, 0.15) is 48.3 Å². The van der Waals surface area contributed by atoms with Gasteiger partial charge in [-0.15, -0.1) is 0 Å². The lowest BCUT2D eigenvalue weighted by atomic mass is 9.93. The summed E-state index contributed by atoms with van der Waals surface area (Å²) in [6.45, 7) is 7.10. The fourth-order valence-electron chi connectivity index (χ4n) is 3.74. The first kappa shape index (κ1) is 19.5. The number of aryl methyl sites for hydroxylation is 2. The van der Waals surface area contributed by atoms with Crippen molar-refractivity contribution < 1.29 is 13.7 Å². The summed E-state index contributed by atoms with van der Waals surface area (Å²) in [5.41, 5.74) is 2.66. The molecule has 0 spiro atoms. The van der Waals surface area contributed by atoms with Gasteiger partial charge in [-0.25, -0.2) is 4.39 Å². The van der Waals surface area contributed by atoms with E-state index in [1.165, 1.54) is 11.6 Å². The van der Waals surface area contributed by atoms with Gasteiger partial charge in [0.2, 0.25) is 5.91 Å². The summed E-state index contributed by atoms with van der Waals surface area (Å²) < 4.78 is 18.9. The first-order valence-corrected chi connectivity index (χ1v) is 9.67. The van der Waals surface area contributed by atoms with Crippen molar-refractivity contribution in [2.75, 3.05) is 13.1 Å². The van der Waals surface area contributed by atoms with Crippen LogP contribution in [0.5, 0.6) is 0 Å². The highest BCUT2D eigenvalue weighted by molar-refractivity contribution is 5.75. The Labute approximate surface area is 159 Å². The summed E-state index contributed by atoms with van der Waals surface area (Å²) in [4.78, 5) is 14.6. The van der Waals surface area contributed by atoms with E-state index in [2.05, 4.69) is 15.4 Å². The first-order chi connectivity index (χ1) is 13.0. The van der Waals surface area contributed by atoms with Gasteiger partial charge in [0.15, 0.2) is 0 Å². The van der Waals surface area contributed by atoms with E-state index >= 15 is 0 Å². The molecule has 27 heavy (non-hydrogen) atoms. The van der Waals surface area contributed by atoms with E-state index in [0.29, 0.717) is 17.9 Å². The molecular weight excluding hydrogens is 345 g/mol. The molecule has 6 heteroatoms. The van der Waals surface area contributed by atoms with Crippen LogP contribution in [-0.4, -0.2) is 29.1 Å². The van der Waals surface area contributed by atoms with E-state index in [4.69, 9.17) is 4.52 Å². The van der Waals surface area contributed by atoms with Gasteiger partial charge in [0.05, 0.1) is 5.69 Å². The molecule has 1 aliphatic heterocycles. The van der Waals surface area contributed by atoms with Crippen molar-refractivity contribution in [3.63, 3.8) is 0 Å². The largest absolute Gasteiger partial charge is 0.361 e. The molecule has 2 aromatic rings. The summed E-state index contributed by atoms with van der Waals surface area (Å²) in [6, 6.07) is 6.54. The summed E-state index contributed by atoms with van der Waals surface area (Å²) in [5.74, 6) is 1.11. The van der Waals surface area contributed by atoms with Gasteiger partial charge in [0, 0.05) is 37.2 Å². The fraction of sp³-hybridized carbons (Fsp3) is 0.524. The zero-order valence-corrected chi connectivity index (χ0v) is 16.1. The molecule has 1 atom stereocenters. The zero-order chi connectivity index (χ0) is 19.2. The maximum Gasteiger partial charge on any atom is 0.220 e. The van der Waals surface area contributed by atoms with Gasteiger partial charge < -0.3 is 9.84 Å². The molecule has 1 N–H and O–H groups in total. The molecule has 0 unspecified atom stereocenters. The number of nitrogens with one attached hydrogen (secondary N) is 1. The fourth-order valence-corrected chi connectivity index (χ4v) is 3.74. The molecule has 1 aliphatic rings. The monoisotopic (exact) mass is 373 g/mol. The molecule has 0 aliphatic carbocycles. The highest BCUT2D eigenvalue weighted by atomic mass is 19.1. The lowest BCUT2D eigenvalue weighted by Gasteiger charge is -2.32. The Morgan fingerprint density at radius 2 is 2.19 bits per heavy atom. The Bertz CT molecular complexity index is 755. The van der Waals surface area contributed by atoms with E-state index in [0.717, 1.165) is 50.4 Å². The molecule has 2 heterocycles. The van der Waals surface area contributed by atoms with Crippen molar-refractivity contribution in [1.29, 1.82) is 0 Å². The molecule has 146 valence electrons. The number of carbonyl (C=O) groups excluding carboxylic acids is 1. The van der Waals surface area contributed by atoms with Crippen LogP contribution < -0.4 is 5.32 Å². The zero-order valence-electron chi connectivity index (χ0n) is 16.1. The van der Waals surface area contributed by atoms with E-state index in [9.17, 15) is 9.18 Å². The molecule has 1 aromatic heterocycles. The van der Waals surface area contributed by atoms with Crippen LogP contribution >= 0.6 is 0 Å².